The van der Waals surface area contributed by atoms with Crippen LogP contribution in [0, 0.1) is 19.7 Å². The number of aromatic amines is 1. The second-order valence-corrected chi connectivity index (χ2v) is 6.08. The molecule has 0 aliphatic carbocycles. The summed E-state index contributed by atoms with van der Waals surface area (Å²) in [5.41, 5.74) is 3.38. The van der Waals surface area contributed by atoms with E-state index < -0.39 is 0 Å². The lowest BCUT2D eigenvalue weighted by atomic mass is 10.1. The molecule has 8 nitrogen and oxygen atoms in total. The highest BCUT2D eigenvalue weighted by Crippen LogP contribution is 2.23. The van der Waals surface area contributed by atoms with Gasteiger partial charge in [0.1, 0.15) is 17.9 Å². The molecule has 4 aromatic rings. The predicted molar refractivity (Wildman–Crippen MR) is 93.3 cm³/mol. The summed E-state index contributed by atoms with van der Waals surface area (Å²) in [4.78, 5) is 12.3. The van der Waals surface area contributed by atoms with Crippen LogP contribution in [0.15, 0.2) is 40.8 Å². The minimum atomic E-state index is -0.316. The summed E-state index contributed by atoms with van der Waals surface area (Å²) in [6.45, 7) is 3.62. The third kappa shape index (κ3) is 3.39. The molecule has 0 amide bonds. The van der Waals surface area contributed by atoms with E-state index in [4.69, 9.17) is 4.42 Å². The molecule has 0 saturated carbocycles. The van der Waals surface area contributed by atoms with E-state index in [-0.39, 0.29) is 29.9 Å². The fraction of sp³-hybridized carbons (Fsp3) is 0.167. The first-order valence-corrected chi connectivity index (χ1v) is 8.20. The fourth-order valence-corrected chi connectivity index (χ4v) is 2.72. The van der Waals surface area contributed by atoms with Gasteiger partial charge < -0.3 is 4.42 Å². The zero-order valence-corrected chi connectivity index (χ0v) is 14.6. The molecule has 3 heterocycles. The maximum absolute atomic E-state index is 13.0. The molecule has 1 aromatic carbocycles. The van der Waals surface area contributed by atoms with E-state index in [1.807, 2.05) is 13.0 Å². The minimum absolute atomic E-state index is 0.0616. The van der Waals surface area contributed by atoms with Crippen molar-refractivity contribution in [3.63, 3.8) is 0 Å². The number of carbonyl (C=O) groups excluding carboxylic acids is 1. The maximum Gasteiger partial charge on any atom is 0.265 e. The zero-order valence-electron chi connectivity index (χ0n) is 14.6. The Morgan fingerprint density at radius 3 is 2.67 bits per heavy atom. The molecular weight excluding hydrogens is 351 g/mol. The summed E-state index contributed by atoms with van der Waals surface area (Å²) < 4.78 is 19.9. The number of benzene rings is 1. The zero-order chi connectivity index (χ0) is 19.0. The molecular formula is C18H15FN6O2. The second kappa shape index (κ2) is 6.60. The molecule has 27 heavy (non-hydrogen) atoms. The lowest BCUT2D eigenvalue weighted by Crippen LogP contribution is -2.16. The number of carbonyl (C=O) groups is 1. The first-order valence-electron chi connectivity index (χ1n) is 8.20. The quantitative estimate of drug-likeness (QED) is 0.596. The molecule has 0 saturated heterocycles. The summed E-state index contributed by atoms with van der Waals surface area (Å²) in [5, 5.41) is 19.0. The highest BCUT2D eigenvalue weighted by Gasteiger charge is 2.17. The van der Waals surface area contributed by atoms with E-state index in [1.165, 1.54) is 16.8 Å². The van der Waals surface area contributed by atoms with Gasteiger partial charge in [0, 0.05) is 11.3 Å². The summed E-state index contributed by atoms with van der Waals surface area (Å²) in [7, 11) is 0. The summed E-state index contributed by atoms with van der Waals surface area (Å²) in [5.74, 6) is -0.178. The van der Waals surface area contributed by atoms with Crippen LogP contribution in [0.3, 0.4) is 0 Å². The number of rotatable bonds is 4. The van der Waals surface area contributed by atoms with Crippen molar-refractivity contribution in [1.82, 2.24) is 30.2 Å². The number of aromatic nitrogens is 6. The van der Waals surface area contributed by atoms with Crippen molar-refractivity contribution in [2.24, 2.45) is 0 Å². The van der Waals surface area contributed by atoms with Crippen LogP contribution in [-0.2, 0) is 6.42 Å². The summed E-state index contributed by atoms with van der Waals surface area (Å²) in [6.07, 6.45) is -0.0616. The van der Waals surface area contributed by atoms with E-state index in [2.05, 4.69) is 25.5 Å². The average molecular weight is 366 g/mol. The third-order valence-electron chi connectivity index (χ3n) is 3.96. The van der Waals surface area contributed by atoms with Crippen LogP contribution in [0.25, 0.3) is 22.8 Å². The number of hydrogen-bond acceptors (Lipinski definition) is 6. The Morgan fingerprint density at radius 1 is 1.19 bits per heavy atom. The number of aryl methyl sites for hydroxylation is 2. The van der Waals surface area contributed by atoms with Crippen LogP contribution in [0.4, 0.5) is 4.39 Å². The molecule has 0 fully saturated rings. The Kier molecular flexibility index (Phi) is 4.11. The monoisotopic (exact) mass is 366 g/mol. The number of hydrogen-bond donors (Lipinski definition) is 1. The number of halogens is 1. The molecule has 0 aliphatic heterocycles. The van der Waals surface area contributed by atoms with E-state index in [1.54, 1.807) is 25.1 Å². The second-order valence-electron chi connectivity index (χ2n) is 6.08. The standard InChI is InChI=1S/C18H15FN6O2/c1-10-7-11(2)25(24-10)17(26)9-16-22-23-18(27-16)15-8-14(20-21-15)12-3-5-13(19)6-4-12/h3-8H,9H2,1-2H3,(H,20,21). The predicted octanol–water partition coefficient (Wildman–Crippen LogP) is 2.96. The normalized spacial score (nSPS) is 11.1. The van der Waals surface area contributed by atoms with E-state index in [0.717, 1.165) is 17.0 Å². The largest absolute Gasteiger partial charge is 0.419 e. The molecule has 1 N–H and O–H groups in total. The van der Waals surface area contributed by atoms with Crippen molar-refractivity contribution in [2.75, 3.05) is 0 Å². The Morgan fingerprint density at radius 2 is 1.96 bits per heavy atom. The molecule has 9 heteroatoms. The van der Waals surface area contributed by atoms with Gasteiger partial charge in [-0.2, -0.15) is 10.2 Å². The Balaban J connectivity index is 1.52. The molecule has 0 bridgehead atoms. The van der Waals surface area contributed by atoms with Gasteiger partial charge in [-0.15, -0.1) is 10.2 Å². The van der Waals surface area contributed by atoms with Crippen molar-refractivity contribution >= 4 is 5.91 Å². The van der Waals surface area contributed by atoms with Gasteiger partial charge in [0.25, 0.3) is 11.8 Å². The van der Waals surface area contributed by atoms with Gasteiger partial charge in [0.2, 0.25) is 5.89 Å². The van der Waals surface area contributed by atoms with Crippen molar-refractivity contribution in [3.8, 4) is 22.8 Å². The van der Waals surface area contributed by atoms with Crippen LogP contribution >= 0.6 is 0 Å². The molecule has 0 aliphatic rings. The summed E-state index contributed by atoms with van der Waals surface area (Å²) >= 11 is 0. The molecule has 0 spiro atoms. The molecule has 136 valence electrons. The molecule has 0 unspecified atom stereocenters. The topological polar surface area (TPSA) is 102 Å². The number of nitrogens with one attached hydrogen (secondary N) is 1. The minimum Gasteiger partial charge on any atom is -0.419 e. The number of nitrogens with zero attached hydrogens (tertiary/aromatic N) is 5. The molecule has 4 rings (SSSR count). The van der Waals surface area contributed by atoms with Crippen LogP contribution in [0.2, 0.25) is 0 Å². The molecule has 0 radical (unpaired) electrons. The summed E-state index contributed by atoms with van der Waals surface area (Å²) in [6, 6.07) is 9.51. The van der Waals surface area contributed by atoms with Crippen molar-refractivity contribution in [2.45, 2.75) is 20.3 Å². The first kappa shape index (κ1) is 16.8. The van der Waals surface area contributed by atoms with Gasteiger partial charge in [-0.1, -0.05) is 0 Å². The van der Waals surface area contributed by atoms with E-state index in [0.29, 0.717) is 11.4 Å². The molecule has 3 aromatic heterocycles. The van der Waals surface area contributed by atoms with Crippen molar-refractivity contribution < 1.29 is 13.6 Å². The Hall–Kier alpha value is -3.62. The highest BCUT2D eigenvalue weighted by molar-refractivity contribution is 5.80. The van der Waals surface area contributed by atoms with Gasteiger partial charge in [-0.05, 0) is 50.2 Å². The third-order valence-corrected chi connectivity index (χ3v) is 3.96. The fourth-order valence-electron chi connectivity index (χ4n) is 2.72. The molecule has 0 atom stereocenters. The van der Waals surface area contributed by atoms with Crippen molar-refractivity contribution in [1.29, 1.82) is 0 Å². The van der Waals surface area contributed by atoms with E-state index >= 15 is 0 Å². The van der Waals surface area contributed by atoms with Crippen LogP contribution in [0.5, 0.6) is 0 Å². The van der Waals surface area contributed by atoms with Gasteiger partial charge in [0.05, 0.1) is 11.4 Å². The number of H-pyrrole nitrogens is 1. The first-order chi connectivity index (χ1) is 13.0. The van der Waals surface area contributed by atoms with E-state index in [9.17, 15) is 9.18 Å². The Labute approximate surface area is 153 Å². The van der Waals surface area contributed by atoms with Crippen LogP contribution in [0.1, 0.15) is 22.1 Å². The Bertz CT molecular complexity index is 1110. The lowest BCUT2D eigenvalue weighted by Gasteiger charge is -1.99. The van der Waals surface area contributed by atoms with Crippen LogP contribution in [-0.4, -0.2) is 36.1 Å². The van der Waals surface area contributed by atoms with Gasteiger partial charge in [0.15, 0.2) is 0 Å². The van der Waals surface area contributed by atoms with Gasteiger partial charge in [-0.3, -0.25) is 9.89 Å². The SMILES string of the molecule is Cc1cc(C)n(C(=O)Cc2nnc(-c3cc(-c4ccc(F)cc4)n[nH]3)o2)n1. The lowest BCUT2D eigenvalue weighted by molar-refractivity contribution is 0.0887. The van der Waals surface area contributed by atoms with Crippen LogP contribution < -0.4 is 0 Å². The maximum atomic E-state index is 13.0. The smallest absolute Gasteiger partial charge is 0.265 e. The average Bonchev–Trinajstić information content (AvgIpc) is 3.35. The van der Waals surface area contributed by atoms with Gasteiger partial charge >= 0.3 is 0 Å². The van der Waals surface area contributed by atoms with Gasteiger partial charge in [-0.25, -0.2) is 9.07 Å². The highest BCUT2D eigenvalue weighted by atomic mass is 19.1. The van der Waals surface area contributed by atoms with Crippen molar-refractivity contribution in [3.05, 3.63) is 59.5 Å².